The third-order valence-corrected chi connectivity index (χ3v) is 3.82. The van der Waals surface area contributed by atoms with E-state index in [1.807, 2.05) is 18.4 Å². The molecule has 0 amide bonds. The van der Waals surface area contributed by atoms with Crippen molar-refractivity contribution in [2.24, 2.45) is 5.14 Å². The van der Waals surface area contributed by atoms with Gasteiger partial charge in [-0.1, -0.05) is 0 Å². The summed E-state index contributed by atoms with van der Waals surface area (Å²) in [6.07, 6.45) is 3.29. The molecule has 0 aliphatic rings. The summed E-state index contributed by atoms with van der Waals surface area (Å²) in [6, 6.07) is 3.39. The average Bonchev–Trinajstić information content (AvgIpc) is 2.84. The van der Waals surface area contributed by atoms with Gasteiger partial charge in [0, 0.05) is 6.04 Å². The van der Waals surface area contributed by atoms with E-state index in [-0.39, 0.29) is 23.3 Å². The molecule has 0 aliphatic heterocycles. The molecule has 0 saturated carbocycles. The lowest BCUT2D eigenvalue weighted by Gasteiger charge is -2.14. The van der Waals surface area contributed by atoms with Crippen LogP contribution in [-0.4, -0.2) is 18.0 Å². The molecule has 2 aromatic rings. The first-order valence-corrected chi connectivity index (χ1v) is 7.79. The molecule has 21 heavy (non-hydrogen) atoms. The van der Waals surface area contributed by atoms with E-state index in [0.717, 1.165) is 17.8 Å². The predicted octanol–water partition coefficient (Wildman–Crippen LogP) is 1.83. The number of nitrogens with two attached hydrogens (primary N) is 1. The maximum absolute atomic E-state index is 13.2. The third-order valence-electron chi connectivity index (χ3n) is 2.89. The zero-order valence-corrected chi connectivity index (χ0v) is 12.5. The first kappa shape index (κ1) is 15.5. The van der Waals surface area contributed by atoms with E-state index in [9.17, 15) is 12.8 Å². The van der Waals surface area contributed by atoms with Crippen molar-refractivity contribution in [3.63, 3.8) is 0 Å². The minimum absolute atomic E-state index is 0.00964. The van der Waals surface area contributed by atoms with Gasteiger partial charge in [-0.25, -0.2) is 22.9 Å². The van der Waals surface area contributed by atoms with E-state index in [1.165, 1.54) is 6.07 Å². The minimum atomic E-state index is -4.06. The molecule has 0 unspecified atom stereocenters. The van der Waals surface area contributed by atoms with Crippen LogP contribution in [0.4, 0.5) is 4.39 Å². The lowest BCUT2D eigenvalue weighted by Crippen LogP contribution is -2.15. The standard InChI is InChI=1S/C13H16FN3O3S/c1-9(2)17-8-16-6-11(17)7-20-12-4-3-10(14)5-13(12)21(15,18)19/h3-6,8-9H,7H2,1-2H3,(H2,15,18,19). The third kappa shape index (κ3) is 3.59. The average molecular weight is 313 g/mol. The number of rotatable bonds is 5. The Morgan fingerprint density at radius 1 is 1.43 bits per heavy atom. The Morgan fingerprint density at radius 2 is 2.14 bits per heavy atom. The number of sulfonamides is 1. The topological polar surface area (TPSA) is 87.2 Å². The quantitative estimate of drug-likeness (QED) is 0.912. The Balaban J connectivity index is 2.27. The van der Waals surface area contributed by atoms with Crippen molar-refractivity contribution < 1.29 is 17.5 Å². The van der Waals surface area contributed by atoms with E-state index in [4.69, 9.17) is 9.88 Å². The SMILES string of the molecule is CC(C)n1cncc1COc1ccc(F)cc1S(N)(=O)=O. The molecule has 8 heteroatoms. The predicted molar refractivity (Wildman–Crippen MR) is 74.7 cm³/mol. The van der Waals surface area contributed by atoms with E-state index in [0.29, 0.717) is 0 Å². The van der Waals surface area contributed by atoms with Gasteiger partial charge in [-0.3, -0.25) is 0 Å². The van der Waals surface area contributed by atoms with Gasteiger partial charge >= 0.3 is 0 Å². The second-order valence-corrected chi connectivity index (χ2v) is 6.34. The molecule has 1 aromatic carbocycles. The summed E-state index contributed by atoms with van der Waals surface area (Å²) in [7, 11) is -4.06. The highest BCUT2D eigenvalue weighted by Gasteiger charge is 2.17. The van der Waals surface area contributed by atoms with Crippen LogP contribution in [-0.2, 0) is 16.6 Å². The van der Waals surface area contributed by atoms with Gasteiger partial charge in [0.2, 0.25) is 10.0 Å². The van der Waals surface area contributed by atoms with E-state index in [1.54, 1.807) is 12.5 Å². The van der Waals surface area contributed by atoms with Crippen molar-refractivity contribution in [1.82, 2.24) is 9.55 Å². The zero-order valence-electron chi connectivity index (χ0n) is 11.7. The van der Waals surface area contributed by atoms with Crippen LogP contribution in [0.3, 0.4) is 0 Å². The lowest BCUT2D eigenvalue weighted by atomic mass is 10.3. The van der Waals surface area contributed by atoms with Crippen LogP contribution < -0.4 is 9.88 Å². The number of ether oxygens (including phenoxy) is 1. The van der Waals surface area contributed by atoms with Crippen molar-refractivity contribution >= 4 is 10.0 Å². The monoisotopic (exact) mass is 313 g/mol. The molecule has 2 N–H and O–H groups in total. The van der Waals surface area contributed by atoms with Gasteiger partial charge in [0.15, 0.2) is 0 Å². The number of primary sulfonamides is 1. The Morgan fingerprint density at radius 3 is 2.76 bits per heavy atom. The molecule has 0 aliphatic carbocycles. The summed E-state index contributed by atoms with van der Waals surface area (Å²) < 4.78 is 43.4. The second-order valence-electron chi connectivity index (χ2n) is 4.81. The highest BCUT2D eigenvalue weighted by molar-refractivity contribution is 7.89. The fourth-order valence-electron chi connectivity index (χ4n) is 1.88. The zero-order chi connectivity index (χ0) is 15.6. The number of nitrogens with zero attached hydrogens (tertiary/aromatic N) is 2. The first-order chi connectivity index (χ1) is 9.79. The van der Waals surface area contributed by atoms with Crippen molar-refractivity contribution in [3.05, 3.63) is 42.2 Å². The minimum Gasteiger partial charge on any atom is -0.486 e. The molecule has 114 valence electrons. The van der Waals surface area contributed by atoms with E-state index >= 15 is 0 Å². The summed E-state index contributed by atoms with van der Waals surface area (Å²) in [5.41, 5.74) is 0.773. The van der Waals surface area contributed by atoms with Gasteiger partial charge in [0.1, 0.15) is 23.1 Å². The van der Waals surface area contributed by atoms with E-state index < -0.39 is 15.8 Å². The highest BCUT2D eigenvalue weighted by Crippen LogP contribution is 2.24. The number of hydrogen-bond acceptors (Lipinski definition) is 4. The van der Waals surface area contributed by atoms with Crippen LogP contribution in [0.5, 0.6) is 5.75 Å². The molecule has 1 heterocycles. The molecule has 0 saturated heterocycles. The molecule has 0 atom stereocenters. The normalized spacial score (nSPS) is 11.9. The fourth-order valence-corrected chi connectivity index (χ4v) is 2.57. The van der Waals surface area contributed by atoms with Gasteiger partial charge in [-0.05, 0) is 32.0 Å². The number of aromatic nitrogens is 2. The lowest BCUT2D eigenvalue weighted by molar-refractivity contribution is 0.284. The maximum atomic E-state index is 13.2. The van der Waals surface area contributed by atoms with Gasteiger partial charge in [-0.2, -0.15) is 0 Å². The van der Waals surface area contributed by atoms with Gasteiger partial charge in [0.25, 0.3) is 0 Å². The summed E-state index contributed by atoms with van der Waals surface area (Å²) in [4.78, 5) is 3.64. The van der Waals surface area contributed by atoms with Crippen LogP contribution in [0, 0.1) is 5.82 Å². The van der Waals surface area contributed by atoms with Crippen LogP contribution in [0.1, 0.15) is 25.6 Å². The van der Waals surface area contributed by atoms with Crippen molar-refractivity contribution in [2.75, 3.05) is 0 Å². The molecule has 2 rings (SSSR count). The van der Waals surface area contributed by atoms with Gasteiger partial charge in [0.05, 0.1) is 18.2 Å². The van der Waals surface area contributed by atoms with E-state index in [2.05, 4.69) is 4.98 Å². The molecule has 0 radical (unpaired) electrons. The van der Waals surface area contributed by atoms with Crippen LogP contribution in [0.15, 0.2) is 35.6 Å². The summed E-state index contributed by atoms with van der Waals surface area (Å²) in [5.74, 6) is -0.686. The Bertz CT molecular complexity index is 741. The van der Waals surface area contributed by atoms with Crippen LogP contribution >= 0.6 is 0 Å². The van der Waals surface area contributed by atoms with Crippen LogP contribution in [0.25, 0.3) is 0 Å². The highest BCUT2D eigenvalue weighted by atomic mass is 32.2. The molecule has 0 spiro atoms. The Labute approximate surface area is 122 Å². The molecular formula is C13H16FN3O3S. The smallest absolute Gasteiger partial charge is 0.241 e. The largest absolute Gasteiger partial charge is 0.486 e. The van der Waals surface area contributed by atoms with Crippen molar-refractivity contribution in [1.29, 1.82) is 0 Å². The van der Waals surface area contributed by atoms with Gasteiger partial charge < -0.3 is 9.30 Å². The molecule has 0 fully saturated rings. The Kier molecular flexibility index (Phi) is 4.29. The summed E-state index contributed by atoms with van der Waals surface area (Å²) in [5, 5.41) is 5.06. The fraction of sp³-hybridized carbons (Fsp3) is 0.308. The second kappa shape index (κ2) is 5.82. The summed E-state index contributed by atoms with van der Waals surface area (Å²) in [6.45, 7) is 4.07. The molecule has 0 bridgehead atoms. The van der Waals surface area contributed by atoms with Crippen molar-refractivity contribution in [3.8, 4) is 5.75 Å². The van der Waals surface area contributed by atoms with Gasteiger partial charge in [-0.15, -0.1) is 0 Å². The molecule has 6 nitrogen and oxygen atoms in total. The Hall–Kier alpha value is -1.93. The van der Waals surface area contributed by atoms with Crippen molar-refractivity contribution in [2.45, 2.75) is 31.4 Å². The number of benzene rings is 1. The van der Waals surface area contributed by atoms with Crippen LogP contribution in [0.2, 0.25) is 0 Å². The first-order valence-electron chi connectivity index (χ1n) is 6.25. The molecule has 1 aromatic heterocycles. The number of imidazole rings is 1. The number of halogens is 1. The maximum Gasteiger partial charge on any atom is 0.241 e. The molecular weight excluding hydrogens is 297 g/mol. The number of hydrogen-bond donors (Lipinski definition) is 1. The summed E-state index contributed by atoms with van der Waals surface area (Å²) >= 11 is 0.